The number of hydrogen-bond acceptors (Lipinski definition) is 4. The monoisotopic (exact) mass is 415 g/mol. The van der Waals surface area contributed by atoms with E-state index in [0.717, 1.165) is 0 Å². The normalized spacial score (nSPS) is 16.8. The van der Waals surface area contributed by atoms with Gasteiger partial charge in [0.05, 0.1) is 10.0 Å². The van der Waals surface area contributed by atoms with Crippen molar-refractivity contribution in [1.29, 1.82) is 0 Å². The van der Waals surface area contributed by atoms with Crippen molar-refractivity contribution in [3.8, 4) is 0 Å². The van der Waals surface area contributed by atoms with E-state index in [1.807, 2.05) is 0 Å². The van der Waals surface area contributed by atoms with Gasteiger partial charge in [0.2, 0.25) is 0 Å². The Morgan fingerprint density at radius 2 is 1.85 bits per heavy atom. The number of benzene rings is 1. The van der Waals surface area contributed by atoms with Gasteiger partial charge in [-0.1, -0.05) is 23.2 Å². The van der Waals surface area contributed by atoms with Gasteiger partial charge < -0.3 is 21.3 Å². The fourth-order valence-corrected chi connectivity index (χ4v) is 3.17. The first-order chi connectivity index (χ1) is 12.9. The minimum atomic E-state index is -1.07. The summed E-state index contributed by atoms with van der Waals surface area (Å²) < 4.78 is 0. The summed E-state index contributed by atoms with van der Waals surface area (Å²) in [6.07, 6.45) is -0.524. The summed E-state index contributed by atoms with van der Waals surface area (Å²) in [5.74, 6) is -0.865. The van der Waals surface area contributed by atoms with Crippen LogP contribution in [-0.2, 0) is 4.79 Å². The summed E-state index contributed by atoms with van der Waals surface area (Å²) in [5, 5.41) is 5.90. The van der Waals surface area contributed by atoms with Gasteiger partial charge in [0.1, 0.15) is 0 Å². The molecule has 10 heteroatoms. The number of nitrogens with two attached hydrogens (primary N) is 1. The molecule has 0 spiro atoms. The van der Waals surface area contributed by atoms with E-state index in [9.17, 15) is 14.4 Å². The quantitative estimate of drug-likeness (QED) is 0.672. The second-order valence-electron chi connectivity index (χ2n) is 5.96. The Labute approximate surface area is 167 Å². The van der Waals surface area contributed by atoms with Crippen LogP contribution in [0.15, 0.2) is 18.2 Å². The van der Waals surface area contributed by atoms with Gasteiger partial charge in [0, 0.05) is 38.3 Å². The first-order valence-corrected chi connectivity index (χ1v) is 9.44. The van der Waals surface area contributed by atoms with E-state index in [-0.39, 0.29) is 18.1 Å². The molecule has 0 saturated carbocycles. The van der Waals surface area contributed by atoms with E-state index in [0.29, 0.717) is 36.6 Å². The number of amides is 4. The van der Waals surface area contributed by atoms with Crippen LogP contribution in [0.4, 0.5) is 4.79 Å². The number of nitrogens with one attached hydrogen (secondary N) is 2. The van der Waals surface area contributed by atoms with Crippen molar-refractivity contribution in [3.63, 3.8) is 0 Å². The number of carbonyl (C=O) groups is 3. The van der Waals surface area contributed by atoms with Crippen LogP contribution in [0, 0.1) is 0 Å². The predicted octanol–water partition coefficient (Wildman–Crippen LogP) is 1.27. The van der Waals surface area contributed by atoms with Gasteiger partial charge in [-0.25, -0.2) is 4.79 Å². The molecule has 0 aliphatic carbocycles. The summed E-state index contributed by atoms with van der Waals surface area (Å²) >= 11 is 11.9. The Kier molecular flexibility index (Phi) is 7.70. The van der Waals surface area contributed by atoms with Crippen LogP contribution in [0.2, 0.25) is 10.0 Å². The Morgan fingerprint density at radius 1 is 1.15 bits per heavy atom. The molecule has 27 heavy (non-hydrogen) atoms. The number of halogens is 2. The zero-order valence-electron chi connectivity index (χ0n) is 15.0. The maximum Gasteiger partial charge on any atom is 0.319 e. The Hall–Kier alpha value is -2.03. The van der Waals surface area contributed by atoms with Crippen LogP contribution in [-0.4, -0.2) is 66.5 Å². The Bertz CT molecular complexity index is 716. The van der Waals surface area contributed by atoms with Crippen molar-refractivity contribution in [2.45, 2.75) is 19.5 Å². The van der Waals surface area contributed by atoms with Gasteiger partial charge in [-0.2, -0.15) is 0 Å². The number of hydrogen-bond donors (Lipinski definition) is 3. The maximum atomic E-state index is 13.0. The summed E-state index contributed by atoms with van der Waals surface area (Å²) in [4.78, 5) is 40.9. The molecule has 1 saturated heterocycles. The molecule has 1 fully saturated rings. The molecule has 1 aliphatic heterocycles. The topological polar surface area (TPSA) is 108 Å². The van der Waals surface area contributed by atoms with Crippen LogP contribution in [0.3, 0.4) is 0 Å². The smallest absolute Gasteiger partial charge is 0.319 e. The first kappa shape index (κ1) is 21.3. The van der Waals surface area contributed by atoms with Gasteiger partial charge in [0.25, 0.3) is 11.8 Å². The largest absolute Gasteiger partial charge is 0.351 e. The summed E-state index contributed by atoms with van der Waals surface area (Å²) in [6.45, 7) is 3.37. The second kappa shape index (κ2) is 9.77. The van der Waals surface area contributed by atoms with Gasteiger partial charge >= 0.3 is 6.03 Å². The molecule has 8 nitrogen and oxygen atoms in total. The highest BCUT2D eigenvalue weighted by Gasteiger charge is 2.40. The summed E-state index contributed by atoms with van der Waals surface area (Å²) in [5.41, 5.74) is 5.74. The zero-order valence-corrected chi connectivity index (χ0v) is 16.5. The van der Waals surface area contributed by atoms with E-state index in [4.69, 9.17) is 28.9 Å². The lowest BCUT2D eigenvalue weighted by Gasteiger charge is -2.42. The number of urea groups is 1. The fraction of sp³-hybridized carbons (Fsp3) is 0.471. The molecule has 1 aromatic carbocycles. The third-order valence-corrected chi connectivity index (χ3v) is 4.82. The van der Waals surface area contributed by atoms with E-state index in [1.54, 1.807) is 6.92 Å². The number of carbonyl (C=O) groups excluding carboxylic acids is 3. The first-order valence-electron chi connectivity index (χ1n) is 8.69. The Morgan fingerprint density at radius 3 is 2.48 bits per heavy atom. The molecule has 0 aromatic heterocycles. The highest BCUT2D eigenvalue weighted by Crippen LogP contribution is 2.25. The van der Waals surface area contributed by atoms with Crippen molar-refractivity contribution in [2.24, 2.45) is 5.73 Å². The molecular weight excluding hydrogens is 393 g/mol. The van der Waals surface area contributed by atoms with E-state index in [1.165, 1.54) is 28.0 Å². The average Bonchev–Trinajstić information content (AvgIpc) is 2.67. The molecule has 4 N–H and O–H groups in total. The Balaban J connectivity index is 2.34. The lowest BCUT2D eigenvalue weighted by Crippen LogP contribution is -2.65. The van der Waals surface area contributed by atoms with Crippen LogP contribution in [0.1, 0.15) is 23.7 Å². The fourth-order valence-electron chi connectivity index (χ4n) is 2.87. The van der Waals surface area contributed by atoms with Crippen LogP contribution < -0.4 is 16.4 Å². The lowest BCUT2D eigenvalue weighted by molar-refractivity contribution is -0.132. The highest BCUT2D eigenvalue weighted by atomic mass is 35.5. The van der Waals surface area contributed by atoms with Gasteiger partial charge in [-0.05, 0) is 31.5 Å². The van der Waals surface area contributed by atoms with Crippen molar-refractivity contribution in [1.82, 2.24) is 20.4 Å². The minimum absolute atomic E-state index is 0.240. The molecule has 148 valence electrons. The van der Waals surface area contributed by atoms with Crippen molar-refractivity contribution in [3.05, 3.63) is 33.8 Å². The van der Waals surface area contributed by atoms with Crippen LogP contribution in [0.25, 0.3) is 0 Å². The second-order valence-corrected chi connectivity index (χ2v) is 6.78. The highest BCUT2D eigenvalue weighted by molar-refractivity contribution is 6.42. The molecule has 1 aliphatic rings. The molecule has 0 radical (unpaired) electrons. The average molecular weight is 416 g/mol. The van der Waals surface area contributed by atoms with E-state index < -0.39 is 24.0 Å². The summed E-state index contributed by atoms with van der Waals surface area (Å²) in [6, 6.07) is 4.10. The molecule has 4 amide bonds. The molecule has 1 unspecified atom stereocenters. The maximum absolute atomic E-state index is 13.0. The van der Waals surface area contributed by atoms with Crippen molar-refractivity contribution < 1.29 is 14.4 Å². The molecule has 1 heterocycles. The molecule has 1 atom stereocenters. The third-order valence-electron chi connectivity index (χ3n) is 4.08. The number of nitrogens with zero attached hydrogens (tertiary/aromatic N) is 2. The molecule has 1 aromatic rings. The SMILES string of the molecule is CCNC(=O)N1CCCN(C(=O)c2ccc(Cl)c(Cl)c2)C1C(=O)NCCN. The molecule has 2 rings (SSSR count). The zero-order chi connectivity index (χ0) is 20.0. The predicted molar refractivity (Wildman–Crippen MR) is 104 cm³/mol. The van der Waals surface area contributed by atoms with Gasteiger partial charge in [0.15, 0.2) is 6.17 Å². The van der Waals surface area contributed by atoms with Gasteiger partial charge in [-0.15, -0.1) is 0 Å². The lowest BCUT2D eigenvalue weighted by atomic mass is 10.1. The van der Waals surface area contributed by atoms with Crippen molar-refractivity contribution >= 4 is 41.0 Å². The van der Waals surface area contributed by atoms with Crippen LogP contribution in [0.5, 0.6) is 0 Å². The summed E-state index contributed by atoms with van der Waals surface area (Å²) in [7, 11) is 0. The van der Waals surface area contributed by atoms with Crippen LogP contribution >= 0.6 is 23.2 Å². The standard InChI is InChI=1S/C17H23Cl2N5O3/c1-2-21-17(27)24-9-3-8-23(15(24)14(25)22-7-6-20)16(26)11-4-5-12(18)13(19)10-11/h4-5,10,15H,2-3,6-9,20H2,1H3,(H,21,27)(H,22,25). The molecule has 0 bridgehead atoms. The molecular formula is C17H23Cl2N5O3. The van der Waals surface area contributed by atoms with E-state index in [2.05, 4.69) is 10.6 Å². The van der Waals surface area contributed by atoms with E-state index >= 15 is 0 Å². The third kappa shape index (κ3) is 5.03. The van der Waals surface area contributed by atoms with Crippen molar-refractivity contribution in [2.75, 3.05) is 32.7 Å². The minimum Gasteiger partial charge on any atom is -0.351 e. The number of rotatable bonds is 5. The van der Waals surface area contributed by atoms with Gasteiger partial charge in [-0.3, -0.25) is 14.5 Å².